The molecule has 0 fully saturated rings. The van der Waals surface area contributed by atoms with Crippen molar-refractivity contribution in [2.24, 2.45) is 0 Å². The molecule has 2 aromatic carbocycles. The lowest BCUT2D eigenvalue weighted by Crippen LogP contribution is -2.24. The lowest BCUT2D eigenvalue weighted by Gasteiger charge is -2.12. The summed E-state index contributed by atoms with van der Waals surface area (Å²) in [6.07, 6.45) is 0.180. The van der Waals surface area contributed by atoms with Gasteiger partial charge in [0.25, 0.3) is 0 Å². The number of nitrogens with one attached hydrogen (secondary N) is 2. The molecule has 2 aromatic rings. The van der Waals surface area contributed by atoms with Crippen LogP contribution in [0.15, 0.2) is 54.6 Å². The molecule has 25 heavy (non-hydrogen) atoms. The number of hydrogen-bond donors (Lipinski definition) is 3. The first-order chi connectivity index (χ1) is 12.1. The molecule has 0 radical (unpaired) electrons. The van der Waals surface area contributed by atoms with Gasteiger partial charge in [-0.05, 0) is 23.6 Å². The van der Waals surface area contributed by atoms with E-state index in [0.29, 0.717) is 19.5 Å². The van der Waals surface area contributed by atoms with Crippen LogP contribution in [-0.4, -0.2) is 23.7 Å². The zero-order valence-corrected chi connectivity index (χ0v) is 13.9. The Balaban J connectivity index is 1.77. The molecule has 0 saturated heterocycles. The second-order valence-corrected chi connectivity index (χ2v) is 5.50. The maximum atomic E-state index is 11.8. The van der Waals surface area contributed by atoms with E-state index >= 15 is 0 Å². The summed E-state index contributed by atoms with van der Waals surface area (Å²) in [5.74, 6) is -0.807. The van der Waals surface area contributed by atoms with Crippen LogP contribution >= 0.6 is 0 Å². The molecule has 132 valence electrons. The number of ether oxygens (including phenoxy) is 1. The summed E-state index contributed by atoms with van der Waals surface area (Å²) in [4.78, 5) is 22.3. The summed E-state index contributed by atoms with van der Waals surface area (Å²) < 4.78 is 5.18. The van der Waals surface area contributed by atoms with Crippen LogP contribution in [0.2, 0.25) is 0 Å². The number of para-hydroxylation sites is 1. The minimum Gasteiger partial charge on any atom is -0.481 e. The van der Waals surface area contributed by atoms with Gasteiger partial charge in [-0.3, -0.25) is 4.79 Å². The molecular weight excluding hydrogens is 320 g/mol. The Hall–Kier alpha value is -3.02. The summed E-state index contributed by atoms with van der Waals surface area (Å²) in [6.45, 7) is 1.11. The van der Waals surface area contributed by atoms with Gasteiger partial charge in [0, 0.05) is 25.2 Å². The number of amides is 1. The highest BCUT2D eigenvalue weighted by molar-refractivity contribution is 5.68. The second-order valence-electron chi connectivity index (χ2n) is 5.50. The highest BCUT2D eigenvalue weighted by Gasteiger charge is 2.06. The Morgan fingerprint density at radius 2 is 1.72 bits per heavy atom. The van der Waals surface area contributed by atoms with Gasteiger partial charge in [0.1, 0.15) is 6.61 Å². The molecule has 0 aliphatic carbocycles. The standard InChI is InChI=1S/C19H22N2O4/c22-18(23)11-6-12-20-17-10-5-4-9-16(17)13-21-19(24)25-14-15-7-2-1-3-8-15/h1-5,7-10,20H,6,11-14H2,(H,21,24)(H,22,23). The molecule has 0 atom stereocenters. The molecular formula is C19H22N2O4. The molecule has 1 amide bonds. The van der Waals surface area contributed by atoms with Gasteiger partial charge in [-0.2, -0.15) is 0 Å². The summed E-state index contributed by atoms with van der Waals surface area (Å²) in [5.41, 5.74) is 2.71. The normalized spacial score (nSPS) is 10.1. The van der Waals surface area contributed by atoms with Gasteiger partial charge in [0.15, 0.2) is 0 Å². The molecule has 0 spiro atoms. The SMILES string of the molecule is O=C(O)CCCNc1ccccc1CNC(=O)OCc1ccccc1. The Bertz CT molecular complexity index is 689. The predicted molar refractivity (Wildman–Crippen MR) is 95.3 cm³/mol. The molecule has 6 heteroatoms. The third kappa shape index (κ3) is 6.95. The minimum absolute atomic E-state index is 0.124. The highest BCUT2D eigenvalue weighted by Crippen LogP contribution is 2.15. The molecule has 0 aromatic heterocycles. The number of aliphatic carboxylic acids is 1. The fraction of sp³-hybridized carbons (Fsp3) is 0.263. The first kappa shape index (κ1) is 18.3. The number of carbonyl (C=O) groups excluding carboxylic acids is 1. The van der Waals surface area contributed by atoms with Crippen molar-refractivity contribution in [2.45, 2.75) is 26.0 Å². The summed E-state index contributed by atoms with van der Waals surface area (Å²) in [7, 11) is 0. The van der Waals surface area contributed by atoms with Crippen molar-refractivity contribution in [1.82, 2.24) is 5.32 Å². The van der Waals surface area contributed by atoms with Gasteiger partial charge in [0.05, 0.1) is 0 Å². The average Bonchev–Trinajstić information content (AvgIpc) is 2.63. The van der Waals surface area contributed by atoms with E-state index < -0.39 is 12.1 Å². The summed E-state index contributed by atoms with van der Waals surface area (Å²) in [5, 5.41) is 14.6. The van der Waals surface area contributed by atoms with Crippen molar-refractivity contribution in [1.29, 1.82) is 0 Å². The molecule has 2 rings (SSSR count). The number of rotatable bonds is 9. The van der Waals surface area contributed by atoms with E-state index in [2.05, 4.69) is 10.6 Å². The number of hydrogen-bond acceptors (Lipinski definition) is 4. The lowest BCUT2D eigenvalue weighted by atomic mass is 10.1. The fourth-order valence-electron chi connectivity index (χ4n) is 2.25. The quantitative estimate of drug-likeness (QED) is 0.608. The van der Waals surface area contributed by atoms with Gasteiger partial charge < -0.3 is 20.5 Å². The third-order valence-corrected chi connectivity index (χ3v) is 3.54. The second kappa shape index (κ2) is 9.97. The maximum Gasteiger partial charge on any atom is 0.407 e. The number of alkyl carbamates (subject to hydrolysis) is 1. The van der Waals surface area contributed by atoms with Gasteiger partial charge in [0.2, 0.25) is 0 Å². The Morgan fingerprint density at radius 3 is 2.48 bits per heavy atom. The number of carboxylic acid groups (broad SMARTS) is 1. The van der Waals surface area contributed by atoms with Crippen molar-refractivity contribution < 1.29 is 19.4 Å². The number of anilines is 1. The smallest absolute Gasteiger partial charge is 0.407 e. The van der Waals surface area contributed by atoms with Crippen molar-refractivity contribution >= 4 is 17.7 Å². The van der Waals surface area contributed by atoms with Crippen LogP contribution in [0.25, 0.3) is 0 Å². The molecule has 0 saturated carbocycles. The van der Waals surface area contributed by atoms with Crippen molar-refractivity contribution in [3.8, 4) is 0 Å². The summed E-state index contributed by atoms with van der Waals surface area (Å²) >= 11 is 0. The van der Waals surface area contributed by atoms with Crippen molar-refractivity contribution in [2.75, 3.05) is 11.9 Å². The lowest BCUT2D eigenvalue weighted by molar-refractivity contribution is -0.137. The Labute approximate surface area is 146 Å². The van der Waals surface area contributed by atoms with Crippen LogP contribution in [0.4, 0.5) is 10.5 Å². The Kier molecular flexibility index (Phi) is 7.31. The number of benzene rings is 2. The zero-order chi connectivity index (χ0) is 17.9. The van der Waals surface area contributed by atoms with Crippen LogP contribution in [0.1, 0.15) is 24.0 Å². The zero-order valence-electron chi connectivity index (χ0n) is 13.9. The average molecular weight is 342 g/mol. The maximum absolute atomic E-state index is 11.8. The largest absolute Gasteiger partial charge is 0.481 e. The van der Waals surface area contributed by atoms with Gasteiger partial charge in [-0.15, -0.1) is 0 Å². The van der Waals surface area contributed by atoms with E-state index in [1.807, 2.05) is 54.6 Å². The van der Waals surface area contributed by atoms with E-state index in [1.165, 1.54) is 0 Å². The van der Waals surface area contributed by atoms with Gasteiger partial charge in [-0.1, -0.05) is 48.5 Å². The third-order valence-electron chi connectivity index (χ3n) is 3.54. The highest BCUT2D eigenvalue weighted by atomic mass is 16.5. The van der Waals surface area contributed by atoms with Gasteiger partial charge >= 0.3 is 12.1 Å². The monoisotopic (exact) mass is 342 g/mol. The van der Waals surface area contributed by atoms with E-state index in [1.54, 1.807) is 0 Å². The molecule has 6 nitrogen and oxygen atoms in total. The summed E-state index contributed by atoms with van der Waals surface area (Å²) in [6, 6.07) is 17.0. The van der Waals surface area contributed by atoms with Crippen LogP contribution in [0.5, 0.6) is 0 Å². The first-order valence-corrected chi connectivity index (χ1v) is 8.13. The predicted octanol–water partition coefficient (Wildman–Crippen LogP) is 3.39. The Morgan fingerprint density at radius 1 is 1.00 bits per heavy atom. The molecule has 0 aliphatic heterocycles. The molecule has 3 N–H and O–H groups in total. The molecule has 0 aliphatic rings. The first-order valence-electron chi connectivity index (χ1n) is 8.13. The van der Waals surface area contributed by atoms with Crippen LogP contribution in [0, 0.1) is 0 Å². The number of carboxylic acids is 1. The topological polar surface area (TPSA) is 87.7 Å². The van der Waals surface area contributed by atoms with Gasteiger partial charge in [-0.25, -0.2) is 4.79 Å². The number of carbonyl (C=O) groups is 2. The molecule has 0 heterocycles. The van der Waals surface area contributed by atoms with E-state index in [4.69, 9.17) is 9.84 Å². The van der Waals surface area contributed by atoms with E-state index in [9.17, 15) is 9.59 Å². The fourth-order valence-corrected chi connectivity index (χ4v) is 2.25. The van der Waals surface area contributed by atoms with E-state index in [-0.39, 0.29) is 13.0 Å². The van der Waals surface area contributed by atoms with Crippen LogP contribution in [0.3, 0.4) is 0 Å². The van der Waals surface area contributed by atoms with E-state index in [0.717, 1.165) is 16.8 Å². The molecule has 0 bridgehead atoms. The van der Waals surface area contributed by atoms with Crippen molar-refractivity contribution in [3.63, 3.8) is 0 Å². The molecule has 0 unspecified atom stereocenters. The van der Waals surface area contributed by atoms with Crippen LogP contribution < -0.4 is 10.6 Å². The minimum atomic E-state index is -0.807. The van der Waals surface area contributed by atoms with Crippen LogP contribution in [-0.2, 0) is 22.7 Å². The van der Waals surface area contributed by atoms with Crippen molar-refractivity contribution in [3.05, 3.63) is 65.7 Å².